The molecule has 1 aromatic heterocycles. The van der Waals surface area contributed by atoms with E-state index in [1.807, 2.05) is 0 Å². The van der Waals surface area contributed by atoms with Crippen molar-refractivity contribution in [3.63, 3.8) is 0 Å². The van der Waals surface area contributed by atoms with Gasteiger partial charge in [-0.15, -0.1) is 0 Å². The Kier molecular flexibility index (Phi) is 4.87. The molecule has 6 nitrogen and oxygen atoms in total. The van der Waals surface area contributed by atoms with Crippen LogP contribution in [0.15, 0.2) is 48.2 Å². The highest BCUT2D eigenvalue weighted by Crippen LogP contribution is 2.24. The Morgan fingerprint density at radius 3 is 2.79 bits per heavy atom. The second-order valence-electron chi connectivity index (χ2n) is 5.32. The molecule has 0 saturated heterocycles. The number of nitrogens with zero attached hydrogens (tertiary/aromatic N) is 3. The summed E-state index contributed by atoms with van der Waals surface area (Å²) in [4.78, 5) is 22.4. The van der Waals surface area contributed by atoms with Crippen LogP contribution in [0.25, 0.3) is 0 Å². The quantitative estimate of drug-likeness (QED) is 0.875. The van der Waals surface area contributed by atoms with Gasteiger partial charge in [-0.05, 0) is 18.2 Å². The Hall–Kier alpha value is -2.31. The second-order valence-corrected chi connectivity index (χ2v) is 6.16. The van der Waals surface area contributed by atoms with Crippen LogP contribution in [0, 0.1) is 0 Å². The minimum Gasteiger partial charge on any atom is -0.399 e. The van der Waals surface area contributed by atoms with Crippen LogP contribution < -0.4 is 11.1 Å². The van der Waals surface area contributed by atoms with Gasteiger partial charge >= 0.3 is 0 Å². The third-order valence-corrected chi connectivity index (χ3v) is 4.22. The van der Waals surface area contributed by atoms with Crippen molar-refractivity contribution in [2.24, 2.45) is 5.73 Å². The lowest BCUT2D eigenvalue weighted by atomic mass is 10.1. The van der Waals surface area contributed by atoms with Crippen LogP contribution in [0.5, 0.6) is 0 Å². The minimum atomic E-state index is -0.168. The first-order valence-electron chi connectivity index (χ1n) is 7.29. The van der Waals surface area contributed by atoms with Gasteiger partial charge in [0, 0.05) is 41.8 Å². The maximum atomic E-state index is 12.6. The molecule has 0 saturated carbocycles. The van der Waals surface area contributed by atoms with Crippen LogP contribution in [0.1, 0.15) is 16.8 Å². The number of rotatable bonds is 3. The van der Waals surface area contributed by atoms with Gasteiger partial charge in [0.1, 0.15) is 5.82 Å². The van der Waals surface area contributed by atoms with E-state index in [0.29, 0.717) is 46.6 Å². The van der Waals surface area contributed by atoms with E-state index in [4.69, 9.17) is 28.9 Å². The highest BCUT2D eigenvalue weighted by Gasteiger charge is 2.24. The maximum Gasteiger partial charge on any atom is 0.255 e. The largest absolute Gasteiger partial charge is 0.399 e. The molecule has 2 heterocycles. The molecule has 1 aromatic carbocycles. The fourth-order valence-electron chi connectivity index (χ4n) is 2.46. The number of halogens is 2. The van der Waals surface area contributed by atoms with E-state index in [1.54, 1.807) is 41.7 Å². The number of carbonyl (C=O) groups excluding carboxylic acids is 1. The first kappa shape index (κ1) is 16.5. The summed E-state index contributed by atoms with van der Waals surface area (Å²) in [6.45, 7) is 0.849. The fraction of sp³-hybridized carbons (Fsp3) is 0.188. The molecule has 1 aliphatic heterocycles. The molecule has 2 aromatic rings. The molecule has 124 valence electrons. The highest BCUT2D eigenvalue weighted by atomic mass is 35.5. The number of hydrogen-bond donors (Lipinski definition) is 2. The van der Waals surface area contributed by atoms with E-state index in [1.165, 1.54) is 0 Å². The number of nitrogens with two attached hydrogens (primary N) is 1. The Labute approximate surface area is 149 Å². The van der Waals surface area contributed by atoms with Crippen molar-refractivity contribution in [3.8, 4) is 0 Å². The zero-order valence-corrected chi connectivity index (χ0v) is 14.2. The van der Waals surface area contributed by atoms with Crippen LogP contribution in [-0.4, -0.2) is 33.9 Å². The zero-order chi connectivity index (χ0) is 17.1. The van der Waals surface area contributed by atoms with Gasteiger partial charge in [0.2, 0.25) is 0 Å². The van der Waals surface area contributed by atoms with E-state index >= 15 is 0 Å². The van der Waals surface area contributed by atoms with Crippen molar-refractivity contribution in [2.75, 3.05) is 18.4 Å². The first-order valence-corrected chi connectivity index (χ1v) is 8.05. The second kappa shape index (κ2) is 7.07. The van der Waals surface area contributed by atoms with Gasteiger partial charge in [-0.3, -0.25) is 9.78 Å². The standard InChI is InChI=1S/C16H15Cl2N5O/c17-10-1-2-11(12(18)7-10)16(24)23-6-3-14(13(19)9-23)22-15-8-20-4-5-21-15/h1-2,4-5,7-8H,3,6,9,19H2,(H,21,22). The predicted molar refractivity (Wildman–Crippen MR) is 93.9 cm³/mol. The molecule has 3 N–H and O–H groups in total. The van der Waals surface area contributed by atoms with Gasteiger partial charge in [-0.25, -0.2) is 4.98 Å². The number of nitrogens with one attached hydrogen (secondary N) is 1. The minimum absolute atomic E-state index is 0.168. The summed E-state index contributed by atoms with van der Waals surface area (Å²) in [7, 11) is 0. The Balaban J connectivity index is 1.73. The average molecular weight is 364 g/mol. The van der Waals surface area contributed by atoms with Crippen LogP contribution >= 0.6 is 23.2 Å². The topological polar surface area (TPSA) is 84.1 Å². The Bertz CT molecular complexity index is 794. The number of amides is 1. The van der Waals surface area contributed by atoms with Crippen molar-refractivity contribution in [1.29, 1.82) is 0 Å². The van der Waals surface area contributed by atoms with Gasteiger partial charge in [0.05, 0.1) is 23.3 Å². The molecule has 0 aliphatic carbocycles. The Morgan fingerprint density at radius 2 is 2.12 bits per heavy atom. The highest BCUT2D eigenvalue weighted by molar-refractivity contribution is 6.36. The molecule has 0 atom stereocenters. The monoisotopic (exact) mass is 363 g/mol. The number of aromatic nitrogens is 2. The summed E-state index contributed by atoms with van der Waals surface area (Å²) in [5, 5.41) is 3.97. The normalized spacial score (nSPS) is 14.7. The third-order valence-electron chi connectivity index (χ3n) is 3.67. The molecule has 0 fully saturated rings. The third kappa shape index (κ3) is 3.60. The molecule has 1 amide bonds. The first-order chi connectivity index (χ1) is 11.5. The smallest absolute Gasteiger partial charge is 0.255 e. The van der Waals surface area contributed by atoms with E-state index < -0.39 is 0 Å². The number of hydrogen-bond acceptors (Lipinski definition) is 5. The van der Waals surface area contributed by atoms with Gasteiger partial charge in [0.25, 0.3) is 5.91 Å². The van der Waals surface area contributed by atoms with Crippen molar-refractivity contribution in [2.45, 2.75) is 6.42 Å². The molecule has 0 bridgehead atoms. The van der Waals surface area contributed by atoms with Crippen LogP contribution in [-0.2, 0) is 0 Å². The lowest BCUT2D eigenvalue weighted by Crippen LogP contribution is -2.40. The summed E-state index contributed by atoms with van der Waals surface area (Å²) in [5.41, 5.74) is 7.97. The van der Waals surface area contributed by atoms with Crippen molar-refractivity contribution in [1.82, 2.24) is 14.9 Å². The van der Waals surface area contributed by atoms with E-state index in [-0.39, 0.29) is 5.91 Å². The molecular weight excluding hydrogens is 349 g/mol. The molecule has 0 radical (unpaired) electrons. The molecule has 1 aliphatic rings. The SMILES string of the molecule is NC1=C(Nc2cnccn2)CCN(C(=O)c2ccc(Cl)cc2Cl)C1. The molecule has 3 rings (SSSR count). The molecule has 0 spiro atoms. The van der Waals surface area contributed by atoms with Crippen LogP contribution in [0.2, 0.25) is 10.0 Å². The molecular formula is C16H15Cl2N5O. The van der Waals surface area contributed by atoms with Crippen molar-refractivity contribution >= 4 is 34.9 Å². The molecule has 24 heavy (non-hydrogen) atoms. The molecule has 8 heteroatoms. The average Bonchev–Trinajstić information content (AvgIpc) is 2.57. The lowest BCUT2D eigenvalue weighted by Gasteiger charge is -2.30. The molecule has 0 unspecified atom stereocenters. The van der Waals surface area contributed by atoms with Gasteiger partial charge in [-0.2, -0.15) is 0 Å². The summed E-state index contributed by atoms with van der Waals surface area (Å²) >= 11 is 12.0. The van der Waals surface area contributed by atoms with Crippen molar-refractivity contribution in [3.05, 3.63) is 63.8 Å². The van der Waals surface area contributed by atoms with Gasteiger partial charge in [-0.1, -0.05) is 23.2 Å². The summed E-state index contributed by atoms with van der Waals surface area (Å²) in [5.74, 6) is 0.453. The predicted octanol–water partition coefficient (Wildman–Crippen LogP) is 2.91. The number of anilines is 1. The Morgan fingerprint density at radius 1 is 1.29 bits per heavy atom. The van der Waals surface area contributed by atoms with E-state index in [0.717, 1.165) is 5.70 Å². The van der Waals surface area contributed by atoms with E-state index in [2.05, 4.69) is 15.3 Å². The number of benzene rings is 1. The summed E-state index contributed by atoms with van der Waals surface area (Å²) in [6.07, 6.45) is 5.41. The maximum absolute atomic E-state index is 12.6. The summed E-state index contributed by atoms with van der Waals surface area (Å²) in [6, 6.07) is 4.83. The van der Waals surface area contributed by atoms with Crippen LogP contribution in [0.3, 0.4) is 0 Å². The van der Waals surface area contributed by atoms with Crippen LogP contribution in [0.4, 0.5) is 5.82 Å². The fourth-order valence-corrected chi connectivity index (χ4v) is 2.94. The zero-order valence-electron chi connectivity index (χ0n) is 12.7. The van der Waals surface area contributed by atoms with Gasteiger partial charge in [0.15, 0.2) is 0 Å². The van der Waals surface area contributed by atoms with Gasteiger partial charge < -0.3 is 16.0 Å². The van der Waals surface area contributed by atoms with E-state index in [9.17, 15) is 4.79 Å². The lowest BCUT2D eigenvalue weighted by molar-refractivity contribution is 0.0763. The van der Waals surface area contributed by atoms with Crippen molar-refractivity contribution < 1.29 is 4.79 Å². The number of carbonyl (C=O) groups is 1. The summed E-state index contributed by atoms with van der Waals surface area (Å²) < 4.78 is 0.